The van der Waals surface area contributed by atoms with Crippen LogP contribution in [0.4, 0.5) is 0 Å². The molecule has 0 aromatic carbocycles. The first-order valence-electron chi connectivity index (χ1n) is 5.74. The molecule has 0 saturated carbocycles. The van der Waals surface area contributed by atoms with Crippen LogP contribution >= 0.6 is 0 Å². The van der Waals surface area contributed by atoms with Crippen molar-refractivity contribution in [3.63, 3.8) is 0 Å². The van der Waals surface area contributed by atoms with E-state index in [9.17, 15) is 5.11 Å². The van der Waals surface area contributed by atoms with Crippen molar-refractivity contribution < 1.29 is 5.11 Å². The first kappa shape index (κ1) is 11.8. The van der Waals surface area contributed by atoms with E-state index in [1.54, 1.807) is 15.6 Å². The van der Waals surface area contributed by atoms with Crippen LogP contribution < -0.4 is 0 Å². The molecule has 1 unspecified atom stereocenters. The Morgan fingerprint density at radius 1 is 1.41 bits per heavy atom. The maximum atomic E-state index is 9.60. The molecule has 2 rings (SSSR count). The van der Waals surface area contributed by atoms with Gasteiger partial charge >= 0.3 is 0 Å². The molecule has 6 nitrogen and oxygen atoms in total. The molecular weight excluding hydrogens is 218 g/mol. The number of hydrogen-bond donors (Lipinski definition) is 1. The molecule has 0 saturated heterocycles. The molecule has 6 heteroatoms. The standard InChI is InChI=1S/C11H17N5O/c1-3-11(17)10-8-16(14-13-10)5-4-9-6-12-15(2)7-9/h6-8,11,17H,3-5H2,1-2H3. The Hall–Kier alpha value is -1.69. The van der Waals surface area contributed by atoms with Crippen molar-refractivity contribution in [3.05, 3.63) is 29.8 Å². The van der Waals surface area contributed by atoms with Crippen molar-refractivity contribution in [1.29, 1.82) is 0 Å². The molecule has 2 heterocycles. The van der Waals surface area contributed by atoms with E-state index in [4.69, 9.17) is 0 Å². The van der Waals surface area contributed by atoms with Gasteiger partial charge in [-0.05, 0) is 18.4 Å². The van der Waals surface area contributed by atoms with Crippen molar-refractivity contribution >= 4 is 0 Å². The van der Waals surface area contributed by atoms with Crippen molar-refractivity contribution in [3.8, 4) is 0 Å². The average Bonchev–Trinajstić information content (AvgIpc) is 2.94. The summed E-state index contributed by atoms with van der Waals surface area (Å²) in [7, 11) is 1.90. The van der Waals surface area contributed by atoms with Crippen molar-refractivity contribution in [2.75, 3.05) is 0 Å². The van der Waals surface area contributed by atoms with Crippen molar-refractivity contribution in [1.82, 2.24) is 24.8 Å². The first-order valence-corrected chi connectivity index (χ1v) is 5.74. The lowest BCUT2D eigenvalue weighted by atomic mass is 10.2. The summed E-state index contributed by atoms with van der Waals surface area (Å²) in [4.78, 5) is 0. The summed E-state index contributed by atoms with van der Waals surface area (Å²) in [5, 5.41) is 21.6. The van der Waals surface area contributed by atoms with Crippen LogP contribution in [0.5, 0.6) is 0 Å². The average molecular weight is 235 g/mol. The summed E-state index contributed by atoms with van der Waals surface area (Å²) in [6, 6.07) is 0. The third kappa shape index (κ3) is 2.91. The van der Waals surface area contributed by atoms with Crippen LogP contribution in [0.2, 0.25) is 0 Å². The molecule has 92 valence electrons. The fraction of sp³-hybridized carbons (Fsp3) is 0.545. The van der Waals surface area contributed by atoms with Gasteiger partial charge in [-0.25, -0.2) is 0 Å². The highest BCUT2D eigenvalue weighted by atomic mass is 16.3. The third-order valence-corrected chi connectivity index (χ3v) is 2.67. The van der Waals surface area contributed by atoms with Gasteiger partial charge in [0.2, 0.25) is 0 Å². The van der Waals surface area contributed by atoms with Crippen LogP contribution in [0, 0.1) is 0 Å². The number of aromatic nitrogens is 5. The molecule has 1 N–H and O–H groups in total. The van der Waals surface area contributed by atoms with Gasteiger partial charge in [-0.1, -0.05) is 12.1 Å². The Labute approximate surface area is 99.9 Å². The number of aliphatic hydroxyl groups excluding tert-OH is 1. The van der Waals surface area contributed by atoms with E-state index in [0.717, 1.165) is 13.0 Å². The molecule has 0 radical (unpaired) electrons. The number of nitrogens with zero attached hydrogens (tertiary/aromatic N) is 5. The van der Waals surface area contributed by atoms with Gasteiger partial charge in [0.1, 0.15) is 5.69 Å². The van der Waals surface area contributed by atoms with Gasteiger partial charge in [0.05, 0.1) is 18.5 Å². The highest BCUT2D eigenvalue weighted by molar-refractivity contribution is 5.04. The van der Waals surface area contributed by atoms with Crippen molar-refractivity contribution in [2.24, 2.45) is 7.05 Å². The quantitative estimate of drug-likeness (QED) is 0.828. The zero-order valence-electron chi connectivity index (χ0n) is 10.1. The topological polar surface area (TPSA) is 68.8 Å². The SMILES string of the molecule is CCC(O)c1cn(CCc2cnn(C)c2)nn1. The minimum absolute atomic E-state index is 0.512. The summed E-state index contributed by atoms with van der Waals surface area (Å²) < 4.78 is 3.53. The Bertz CT molecular complexity index is 476. The molecule has 0 fully saturated rings. The minimum atomic E-state index is -0.512. The molecule has 17 heavy (non-hydrogen) atoms. The Balaban J connectivity index is 1.93. The molecule has 0 aliphatic carbocycles. The maximum absolute atomic E-state index is 9.60. The van der Waals surface area contributed by atoms with Gasteiger partial charge in [0, 0.05) is 19.8 Å². The van der Waals surface area contributed by atoms with Gasteiger partial charge < -0.3 is 5.11 Å². The lowest BCUT2D eigenvalue weighted by Crippen LogP contribution is -2.01. The molecule has 0 bridgehead atoms. The summed E-state index contributed by atoms with van der Waals surface area (Å²) in [6.07, 6.45) is 6.63. The second-order valence-corrected chi connectivity index (χ2v) is 4.10. The van der Waals surface area contributed by atoms with Crippen molar-refractivity contribution in [2.45, 2.75) is 32.4 Å². The monoisotopic (exact) mass is 235 g/mol. The second kappa shape index (κ2) is 5.09. The lowest BCUT2D eigenvalue weighted by molar-refractivity contribution is 0.168. The van der Waals surface area contributed by atoms with Gasteiger partial charge in [-0.3, -0.25) is 9.36 Å². The zero-order valence-corrected chi connectivity index (χ0v) is 10.1. The Morgan fingerprint density at radius 3 is 2.88 bits per heavy atom. The normalized spacial score (nSPS) is 12.9. The number of aliphatic hydroxyl groups is 1. The van der Waals surface area contributed by atoms with E-state index in [0.29, 0.717) is 12.1 Å². The van der Waals surface area contributed by atoms with Crippen LogP contribution in [-0.4, -0.2) is 29.9 Å². The summed E-state index contributed by atoms with van der Waals surface area (Å²) in [5.41, 5.74) is 1.80. The smallest absolute Gasteiger partial charge is 0.111 e. The van der Waals surface area contributed by atoms with E-state index < -0.39 is 6.10 Å². The summed E-state index contributed by atoms with van der Waals surface area (Å²) >= 11 is 0. The molecule has 0 aliphatic rings. The molecule has 0 aliphatic heterocycles. The maximum Gasteiger partial charge on any atom is 0.111 e. The fourth-order valence-corrected chi connectivity index (χ4v) is 1.63. The Morgan fingerprint density at radius 2 is 2.24 bits per heavy atom. The highest BCUT2D eigenvalue weighted by Gasteiger charge is 2.09. The molecule has 0 amide bonds. The van der Waals surface area contributed by atoms with Crippen LogP contribution in [-0.2, 0) is 20.0 Å². The lowest BCUT2D eigenvalue weighted by Gasteiger charge is -2.00. The first-order chi connectivity index (χ1) is 8.19. The molecular formula is C11H17N5O. The Kier molecular flexibility index (Phi) is 3.53. The third-order valence-electron chi connectivity index (χ3n) is 2.67. The predicted octanol–water partition coefficient (Wildman–Crippen LogP) is 0.698. The number of hydrogen-bond acceptors (Lipinski definition) is 4. The van der Waals surface area contributed by atoms with E-state index in [2.05, 4.69) is 15.4 Å². The summed E-state index contributed by atoms with van der Waals surface area (Å²) in [5.74, 6) is 0. The van der Waals surface area contributed by atoms with E-state index in [-0.39, 0.29) is 0 Å². The molecule has 0 spiro atoms. The second-order valence-electron chi connectivity index (χ2n) is 4.10. The molecule has 1 atom stereocenters. The minimum Gasteiger partial charge on any atom is -0.387 e. The molecule has 2 aromatic rings. The van der Waals surface area contributed by atoms with Gasteiger partial charge in [0.15, 0.2) is 0 Å². The fourth-order valence-electron chi connectivity index (χ4n) is 1.63. The summed E-state index contributed by atoms with van der Waals surface area (Å²) in [6.45, 7) is 2.66. The highest BCUT2D eigenvalue weighted by Crippen LogP contribution is 2.12. The van der Waals surface area contributed by atoms with Crippen LogP contribution in [0.1, 0.15) is 30.7 Å². The van der Waals surface area contributed by atoms with Crippen LogP contribution in [0.3, 0.4) is 0 Å². The number of rotatable bonds is 5. The number of aryl methyl sites for hydroxylation is 3. The van der Waals surface area contributed by atoms with Crippen LogP contribution in [0.15, 0.2) is 18.6 Å². The predicted molar refractivity (Wildman–Crippen MR) is 62.2 cm³/mol. The molecule has 2 aromatic heterocycles. The van der Waals surface area contributed by atoms with E-state index in [1.165, 1.54) is 5.56 Å². The van der Waals surface area contributed by atoms with Crippen LogP contribution in [0.25, 0.3) is 0 Å². The van der Waals surface area contributed by atoms with E-state index in [1.807, 2.05) is 26.4 Å². The van der Waals surface area contributed by atoms with Gasteiger partial charge in [-0.2, -0.15) is 5.10 Å². The largest absolute Gasteiger partial charge is 0.387 e. The van der Waals surface area contributed by atoms with Gasteiger partial charge in [-0.15, -0.1) is 5.10 Å². The van der Waals surface area contributed by atoms with E-state index >= 15 is 0 Å². The van der Waals surface area contributed by atoms with Gasteiger partial charge in [0.25, 0.3) is 0 Å². The zero-order chi connectivity index (χ0) is 12.3.